The van der Waals surface area contributed by atoms with Crippen LogP contribution in [0.5, 0.6) is 0 Å². The summed E-state index contributed by atoms with van der Waals surface area (Å²) in [6.45, 7) is 10.3. The van der Waals surface area contributed by atoms with Crippen LogP contribution in [0.3, 0.4) is 0 Å². The van der Waals surface area contributed by atoms with Crippen molar-refractivity contribution < 1.29 is 83.7 Å². The maximum Gasteiger partial charge on any atom is 1.00 e. The topological polar surface area (TPSA) is 113 Å². The molecule has 1 N–H and O–H groups in total. The second-order valence-corrected chi connectivity index (χ2v) is 10.2. The molecule has 9 heteroatoms. The van der Waals surface area contributed by atoms with Crippen molar-refractivity contribution in [1.29, 1.82) is 0 Å². The smallest absolute Gasteiger partial charge is 0.550 e. The number of carboxylic acid groups (broad SMARTS) is 2. The van der Waals surface area contributed by atoms with Gasteiger partial charge in [-0.2, -0.15) is 0 Å². The molecule has 0 heterocycles. The summed E-state index contributed by atoms with van der Waals surface area (Å²) in [7, 11) is 0. The Labute approximate surface area is 292 Å². The molecule has 0 saturated heterocycles. The van der Waals surface area contributed by atoms with Crippen LogP contribution in [0, 0.1) is 0 Å². The number of nitrogens with zero attached hydrogens (tertiary/aromatic N) is 1. The predicted molar refractivity (Wildman–Crippen MR) is 156 cm³/mol. The van der Waals surface area contributed by atoms with Gasteiger partial charge in [0.05, 0.1) is 0 Å². The van der Waals surface area contributed by atoms with Gasteiger partial charge in [0.15, 0.2) is 0 Å². The summed E-state index contributed by atoms with van der Waals surface area (Å²) in [5, 5.41) is 21.3. The Morgan fingerprint density at radius 1 is 0.550 bits per heavy atom. The molecule has 0 radical (unpaired) electrons. The van der Waals surface area contributed by atoms with Crippen LogP contribution in [0.15, 0.2) is 0 Å². The summed E-state index contributed by atoms with van der Waals surface area (Å²) in [5.41, 5.74) is 0. The average molecular weight is 589 g/mol. The van der Waals surface area contributed by atoms with Gasteiger partial charge in [0.25, 0.3) is 0 Å². The second-order valence-electron chi connectivity index (χ2n) is 10.2. The fraction of sp³-hybridized carbons (Fsp3) is 0.903. The molecular weight excluding hydrogens is 526 g/mol. The molecule has 0 atom stereocenters. The average Bonchev–Trinajstić information content (AvgIpc) is 2.86. The molecule has 7 nitrogen and oxygen atoms in total. The van der Waals surface area contributed by atoms with E-state index in [-0.39, 0.29) is 59.1 Å². The van der Waals surface area contributed by atoms with Gasteiger partial charge in [-0.15, -0.1) is 0 Å². The SMILES string of the molecule is CC(=O)[O-].CC(=O)[O-].CCCCCCCCCCCCNCCN(C=O)CCCCCCCCCCCC.[Na+].[Na+]. The molecule has 0 unspecified atom stereocenters. The second kappa shape index (κ2) is 46.3. The first-order chi connectivity index (χ1) is 18.3. The number of hydrogen-bond acceptors (Lipinski definition) is 6. The van der Waals surface area contributed by atoms with Crippen molar-refractivity contribution in [1.82, 2.24) is 10.2 Å². The third-order valence-corrected chi connectivity index (χ3v) is 6.23. The summed E-state index contributed by atoms with van der Waals surface area (Å²) < 4.78 is 0. The number of carbonyl (C=O) groups excluding carboxylic acids is 3. The van der Waals surface area contributed by atoms with Crippen LogP contribution in [-0.4, -0.2) is 49.4 Å². The molecule has 0 aromatic carbocycles. The van der Waals surface area contributed by atoms with E-state index in [2.05, 4.69) is 19.2 Å². The fourth-order valence-electron chi connectivity index (χ4n) is 4.10. The summed E-state index contributed by atoms with van der Waals surface area (Å²) >= 11 is 0. The van der Waals surface area contributed by atoms with E-state index >= 15 is 0 Å². The first-order valence-electron chi connectivity index (χ1n) is 15.6. The number of rotatable bonds is 26. The number of hydrogen-bond donors (Lipinski definition) is 1. The molecule has 0 spiro atoms. The number of amides is 1. The van der Waals surface area contributed by atoms with E-state index in [1.54, 1.807) is 0 Å². The van der Waals surface area contributed by atoms with E-state index < -0.39 is 11.9 Å². The van der Waals surface area contributed by atoms with E-state index in [0.29, 0.717) is 0 Å². The summed E-state index contributed by atoms with van der Waals surface area (Å²) in [6, 6.07) is 0. The first-order valence-corrected chi connectivity index (χ1v) is 15.6. The standard InChI is InChI=1S/C27H56N2O.2C2H4O2.2Na/c1-3-5-7-9-11-13-15-17-19-21-23-28-24-26-29(27-30)25-22-20-18-16-14-12-10-8-6-4-2;2*1-2(3)4;;/h27-28H,3-26H2,1-2H3;2*1H3,(H,3,4);;/q;;;2*+1/p-2. The molecule has 0 aromatic heterocycles. The minimum Gasteiger partial charge on any atom is -0.550 e. The zero-order valence-corrected chi connectivity index (χ0v) is 31.5. The fourth-order valence-corrected chi connectivity index (χ4v) is 4.10. The van der Waals surface area contributed by atoms with Crippen molar-refractivity contribution in [3.05, 3.63) is 0 Å². The van der Waals surface area contributed by atoms with Crippen molar-refractivity contribution in [3.8, 4) is 0 Å². The number of aliphatic carboxylic acids is 2. The predicted octanol–water partition coefficient (Wildman–Crippen LogP) is -0.603. The van der Waals surface area contributed by atoms with Crippen molar-refractivity contribution in [2.75, 3.05) is 26.2 Å². The first kappa shape index (κ1) is 50.0. The van der Waals surface area contributed by atoms with Gasteiger partial charge in [-0.05, 0) is 33.2 Å². The third-order valence-electron chi connectivity index (χ3n) is 6.23. The van der Waals surface area contributed by atoms with Gasteiger partial charge in [0, 0.05) is 31.6 Å². The van der Waals surface area contributed by atoms with Crippen molar-refractivity contribution in [2.24, 2.45) is 0 Å². The molecule has 0 saturated carbocycles. The van der Waals surface area contributed by atoms with E-state index in [9.17, 15) is 4.79 Å². The van der Waals surface area contributed by atoms with Crippen LogP contribution in [0.2, 0.25) is 0 Å². The maximum absolute atomic E-state index is 11.2. The molecule has 0 fully saturated rings. The van der Waals surface area contributed by atoms with E-state index in [4.69, 9.17) is 19.8 Å². The number of nitrogens with one attached hydrogen (secondary N) is 1. The summed E-state index contributed by atoms with van der Waals surface area (Å²) in [4.78, 5) is 31.0. The molecule has 0 aliphatic carbocycles. The van der Waals surface area contributed by atoms with E-state index in [1.807, 2.05) is 4.90 Å². The molecule has 40 heavy (non-hydrogen) atoms. The Morgan fingerprint density at radius 2 is 0.850 bits per heavy atom. The Kier molecular flexibility index (Phi) is 57.9. The van der Waals surface area contributed by atoms with Crippen LogP contribution in [0.25, 0.3) is 0 Å². The maximum atomic E-state index is 11.2. The Morgan fingerprint density at radius 3 is 1.18 bits per heavy atom. The van der Waals surface area contributed by atoms with Gasteiger partial charge in [0.1, 0.15) is 0 Å². The van der Waals surface area contributed by atoms with Crippen LogP contribution < -0.4 is 74.6 Å². The Balaban J connectivity index is -0.000000358. The molecule has 228 valence electrons. The molecule has 0 rings (SSSR count). The Hall–Kier alpha value is 0.370. The van der Waals surface area contributed by atoms with Gasteiger partial charge in [-0.25, -0.2) is 0 Å². The number of carbonyl (C=O) groups is 3. The van der Waals surface area contributed by atoms with Gasteiger partial charge in [0.2, 0.25) is 6.41 Å². The van der Waals surface area contributed by atoms with Crippen LogP contribution >= 0.6 is 0 Å². The van der Waals surface area contributed by atoms with Crippen molar-refractivity contribution in [2.45, 2.75) is 156 Å². The number of carboxylic acids is 2. The molecule has 0 aliphatic heterocycles. The monoisotopic (exact) mass is 588 g/mol. The Bertz CT molecular complexity index is 480. The van der Waals surface area contributed by atoms with Crippen molar-refractivity contribution in [3.63, 3.8) is 0 Å². The zero-order chi connectivity index (χ0) is 29.1. The third kappa shape index (κ3) is 62.1. The van der Waals surface area contributed by atoms with Crippen LogP contribution in [0.4, 0.5) is 0 Å². The normalized spacial score (nSPS) is 9.60. The minimum atomic E-state index is -1.08. The largest absolute Gasteiger partial charge is 1.00 e. The van der Waals surface area contributed by atoms with Gasteiger partial charge in [-0.1, -0.05) is 129 Å². The molecular formula is C31H62N2Na2O5. The van der Waals surface area contributed by atoms with Crippen molar-refractivity contribution >= 4 is 18.3 Å². The molecule has 0 aromatic rings. The van der Waals surface area contributed by atoms with Crippen LogP contribution in [-0.2, 0) is 14.4 Å². The quantitative estimate of drug-likeness (QED) is 0.0821. The van der Waals surface area contributed by atoms with E-state index in [0.717, 1.165) is 52.9 Å². The number of unbranched alkanes of at least 4 members (excludes halogenated alkanes) is 18. The summed E-state index contributed by atoms with van der Waals surface area (Å²) in [6.07, 6.45) is 28.4. The summed E-state index contributed by atoms with van der Waals surface area (Å²) in [5.74, 6) is -2.17. The minimum absolute atomic E-state index is 0. The molecule has 1 amide bonds. The van der Waals surface area contributed by atoms with Gasteiger partial charge >= 0.3 is 59.1 Å². The van der Waals surface area contributed by atoms with E-state index in [1.165, 1.54) is 122 Å². The van der Waals surface area contributed by atoms with Gasteiger partial charge < -0.3 is 30.0 Å². The molecule has 0 bridgehead atoms. The van der Waals surface area contributed by atoms with Gasteiger partial charge in [-0.3, -0.25) is 4.79 Å². The van der Waals surface area contributed by atoms with Crippen LogP contribution in [0.1, 0.15) is 156 Å². The molecule has 0 aliphatic rings. The zero-order valence-electron chi connectivity index (χ0n) is 27.5.